The zero-order valence-corrected chi connectivity index (χ0v) is 11.7. The van der Waals surface area contributed by atoms with E-state index in [0.29, 0.717) is 22.3 Å². The van der Waals surface area contributed by atoms with E-state index < -0.39 is 0 Å². The molecule has 0 fully saturated rings. The lowest BCUT2D eigenvalue weighted by Gasteiger charge is -2.05. The molecule has 4 heteroatoms. The van der Waals surface area contributed by atoms with Crippen LogP contribution in [0.2, 0.25) is 5.02 Å². The predicted molar refractivity (Wildman–Crippen MR) is 78.9 cm³/mol. The average molecular weight is 290 g/mol. The molecule has 0 aliphatic carbocycles. The first-order valence-electron chi connectivity index (χ1n) is 6.27. The third-order valence-electron chi connectivity index (χ3n) is 3.39. The van der Waals surface area contributed by atoms with Gasteiger partial charge in [-0.25, -0.2) is 4.39 Å². The fourth-order valence-corrected chi connectivity index (χ4v) is 2.58. The van der Waals surface area contributed by atoms with Crippen molar-refractivity contribution in [2.45, 2.75) is 13.5 Å². The minimum Gasteiger partial charge on any atom is -0.494 e. The Kier molecular flexibility index (Phi) is 3.14. The Morgan fingerprint density at radius 3 is 2.60 bits per heavy atom. The first-order chi connectivity index (χ1) is 9.54. The molecule has 0 saturated carbocycles. The number of hydrogen-bond donors (Lipinski definition) is 1. The number of aromatic nitrogens is 1. The summed E-state index contributed by atoms with van der Waals surface area (Å²) in [6, 6.07) is 10.3. The van der Waals surface area contributed by atoms with Crippen LogP contribution in [0.3, 0.4) is 0 Å². The van der Waals surface area contributed by atoms with E-state index in [1.165, 1.54) is 12.1 Å². The van der Waals surface area contributed by atoms with Crippen LogP contribution in [0.4, 0.5) is 4.39 Å². The smallest absolute Gasteiger partial charge is 0.199 e. The highest BCUT2D eigenvalue weighted by Gasteiger charge is 2.12. The van der Waals surface area contributed by atoms with E-state index in [-0.39, 0.29) is 11.7 Å². The number of hydrogen-bond acceptors (Lipinski definition) is 1. The number of nitrogens with zero attached hydrogens (tertiary/aromatic N) is 1. The van der Waals surface area contributed by atoms with E-state index in [2.05, 4.69) is 0 Å². The summed E-state index contributed by atoms with van der Waals surface area (Å²) < 4.78 is 15.1. The third kappa shape index (κ3) is 2.25. The van der Waals surface area contributed by atoms with Crippen LogP contribution < -0.4 is 0 Å². The summed E-state index contributed by atoms with van der Waals surface area (Å²) in [4.78, 5) is 0. The fourth-order valence-electron chi connectivity index (χ4n) is 2.46. The Morgan fingerprint density at radius 1 is 1.20 bits per heavy atom. The molecule has 0 bridgehead atoms. The van der Waals surface area contributed by atoms with Crippen LogP contribution >= 0.6 is 11.6 Å². The van der Waals surface area contributed by atoms with Gasteiger partial charge in [0.1, 0.15) is 5.82 Å². The maximum absolute atomic E-state index is 13.4. The Balaban J connectivity index is 2.06. The van der Waals surface area contributed by atoms with Gasteiger partial charge >= 0.3 is 0 Å². The van der Waals surface area contributed by atoms with Gasteiger partial charge in [0, 0.05) is 22.0 Å². The Labute approximate surface area is 121 Å². The Morgan fingerprint density at radius 2 is 1.90 bits per heavy atom. The molecule has 0 saturated heterocycles. The molecule has 0 aliphatic heterocycles. The number of benzene rings is 2. The minimum atomic E-state index is -0.293. The van der Waals surface area contributed by atoms with E-state index in [4.69, 9.17) is 11.6 Å². The number of aryl methyl sites for hydroxylation is 1. The van der Waals surface area contributed by atoms with Gasteiger partial charge < -0.3 is 9.67 Å². The van der Waals surface area contributed by atoms with Gasteiger partial charge in [0.2, 0.25) is 0 Å². The quantitative estimate of drug-likeness (QED) is 0.738. The zero-order chi connectivity index (χ0) is 14.3. The molecule has 2 aromatic carbocycles. The average Bonchev–Trinajstić information content (AvgIpc) is 2.69. The summed E-state index contributed by atoms with van der Waals surface area (Å²) in [6.07, 6.45) is 1.76. The van der Waals surface area contributed by atoms with Gasteiger partial charge in [0.25, 0.3) is 0 Å². The molecule has 2 nitrogen and oxygen atoms in total. The number of fused-ring (bicyclic) bond motifs is 1. The van der Waals surface area contributed by atoms with Crippen molar-refractivity contribution < 1.29 is 9.50 Å². The molecule has 0 radical (unpaired) electrons. The van der Waals surface area contributed by atoms with Crippen LogP contribution in [-0.4, -0.2) is 9.67 Å². The minimum absolute atomic E-state index is 0.160. The second kappa shape index (κ2) is 4.84. The molecule has 0 amide bonds. The van der Waals surface area contributed by atoms with E-state index in [0.717, 1.165) is 11.1 Å². The fraction of sp³-hybridized carbons (Fsp3) is 0.125. The maximum atomic E-state index is 13.4. The first-order valence-corrected chi connectivity index (χ1v) is 6.65. The molecule has 3 aromatic rings. The first kappa shape index (κ1) is 13.0. The monoisotopic (exact) mass is 289 g/mol. The maximum Gasteiger partial charge on any atom is 0.199 e. The van der Waals surface area contributed by atoms with Crippen molar-refractivity contribution in [2.24, 2.45) is 0 Å². The van der Waals surface area contributed by atoms with Crippen LogP contribution in [0.1, 0.15) is 11.1 Å². The standard InChI is InChI=1S/C16H13ClFNO/c1-10-6-14(18)7-12-9-19(16(20)15(10)12)8-11-2-4-13(17)5-3-11/h2-7,9,20H,8H2,1H3. The van der Waals surface area contributed by atoms with Gasteiger partial charge in [-0.2, -0.15) is 0 Å². The third-order valence-corrected chi connectivity index (χ3v) is 3.64. The lowest BCUT2D eigenvalue weighted by atomic mass is 10.1. The summed E-state index contributed by atoms with van der Waals surface area (Å²) in [5, 5.41) is 12.4. The highest BCUT2D eigenvalue weighted by molar-refractivity contribution is 6.30. The lowest BCUT2D eigenvalue weighted by Crippen LogP contribution is -1.96. The molecule has 1 N–H and O–H groups in total. The topological polar surface area (TPSA) is 25.2 Å². The summed E-state index contributed by atoms with van der Waals surface area (Å²) in [6.45, 7) is 2.30. The van der Waals surface area contributed by atoms with Gasteiger partial charge in [-0.3, -0.25) is 0 Å². The predicted octanol–water partition coefficient (Wildman–Crippen LogP) is 4.50. The van der Waals surface area contributed by atoms with Crippen molar-refractivity contribution in [3.8, 4) is 5.88 Å². The highest BCUT2D eigenvalue weighted by Crippen LogP contribution is 2.31. The number of halogens is 2. The van der Waals surface area contributed by atoms with Crippen LogP contribution in [0.5, 0.6) is 5.88 Å². The van der Waals surface area contributed by atoms with E-state index >= 15 is 0 Å². The number of rotatable bonds is 2. The largest absolute Gasteiger partial charge is 0.494 e. The summed E-state index contributed by atoms with van der Waals surface area (Å²) >= 11 is 5.85. The Bertz CT molecular complexity index is 777. The molecule has 3 rings (SSSR count). The van der Waals surface area contributed by atoms with Crippen molar-refractivity contribution in [3.05, 3.63) is 64.6 Å². The van der Waals surface area contributed by atoms with E-state index in [1.807, 2.05) is 24.3 Å². The van der Waals surface area contributed by atoms with Crippen LogP contribution in [0, 0.1) is 12.7 Å². The van der Waals surface area contributed by atoms with Crippen molar-refractivity contribution in [2.75, 3.05) is 0 Å². The molecule has 0 atom stereocenters. The van der Waals surface area contributed by atoms with E-state index in [9.17, 15) is 9.50 Å². The van der Waals surface area contributed by atoms with Gasteiger partial charge in [-0.1, -0.05) is 23.7 Å². The van der Waals surface area contributed by atoms with Crippen molar-refractivity contribution in [3.63, 3.8) is 0 Å². The van der Waals surface area contributed by atoms with Crippen LogP contribution in [0.15, 0.2) is 42.6 Å². The van der Waals surface area contributed by atoms with Gasteiger partial charge in [0.05, 0.1) is 6.54 Å². The van der Waals surface area contributed by atoms with Crippen molar-refractivity contribution >= 4 is 22.4 Å². The van der Waals surface area contributed by atoms with Crippen molar-refractivity contribution in [1.29, 1.82) is 0 Å². The molecular formula is C16H13ClFNO. The SMILES string of the molecule is Cc1cc(F)cc2cn(Cc3ccc(Cl)cc3)c(O)c12. The summed E-state index contributed by atoms with van der Waals surface area (Å²) in [5.74, 6) is -0.133. The van der Waals surface area contributed by atoms with Crippen LogP contribution in [0.25, 0.3) is 10.8 Å². The zero-order valence-electron chi connectivity index (χ0n) is 10.9. The Hall–Kier alpha value is -2.00. The van der Waals surface area contributed by atoms with Gasteiger partial charge in [0.15, 0.2) is 5.88 Å². The molecular weight excluding hydrogens is 277 g/mol. The van der Waals surface area contributed by atoms with Crippen molar-refractivity contribution in [1.82, 2.24) is 4.57 Å². The summed E-state index contributed by atoms with van der Waals surface area (Å²) in [7, 11) is 0. The molecule has 0 aliphatic rings. The molecule has 1 aromatic heterocycles. The molecule has 102 valence electrons. The molecule has 1 heterocycles. The molecule has 0 unspecified atom stereocenters. The lowest BCUT2D eigenvalue weighted by molar-refractivity contribution is 0.430. The molecule has 0 spiro atoms. The van der Waals surface area contributed by atoms with E-state index in [1.54, 1.807) is 17.7 Å². The van der Waals surface area contributed by atoms with Gasteiger partial charge in [-0.15, -0.1) is 0 Å². The second-order valence-corrected chi connectivity index (χ2v) is 5.33. The van der Waals surface area contributed by atoms with Gasteiger partial charge in [-0.05, 0) is 42.3 Å². The summed E-state index contributed by atoms with van der Waals surface area (Å²) in [5.41, 5.74) is 1.75. The highest BCUT2D eigenvalue weighted by atomic mass is 35.5. The normalized spacial score (nSPS) is 11.2. The van der Waals surface area contributed by atoms with Crippen LogP contribution in [-0.2, 0) is 6.54 Å². The molecule has 20 heavy (non-hydrogen) atoms. The second-order valence-electron chi connectivity index (χ2n) is 4.89. The number of aromatic hydroxyl groups is 1.